The lowest BCUT2D eigenvalue weighted by molar-refractivity contribution is -0.142. The van der Waals surface area contributed by atoms with Crippen LogP contribution >= 0.6 is 34.7 Å². The number of esters is 1. The predicted octanol–water partition coefficient (Wildman–Crippen LogP) is 3.34. The molecule has 0 saturated carbocycles. The molecule has 3 rings (SSSR count). The number of halogens is 1. The third-order valence-electron chi connectivity index (χ3n) is 3.56. The second kappa shape index (κ2) is 8.73. The van der Waals surface area contributed by atoms with E-state index in [1.807, 2.05) is 6.07 Å². The summed E-state index contributed by atoms with van der Waals surface area (Å²) in [7, 11) is 0. The van der Waals surface area contributed by atoms with E-state index in [2.05, 4.69) is 15.6 Å². The van der Waals surface area contributed by atoms with Gasteiger partial charge in [0, 0.05) is 21.7 Å². The SMILES string of the molecule is CCOC(=O)Cc1csc(NC(=O)CC2Sc3ccc(Cl)cc3NC2=O)n1. The number of thioether (sulfide) groups is 1. The summed E-state index contributed by atoms with van der Waals surface area (Å²) in [6, 6.07) is 5.23. The molecule has 1 atom stereocenters. The fourth-order valence-electron chi connectivity index (χ4n) is 2.40. The number of hydrogen-bond donors (Lipinski definition) is 2. The standard InChI is InChI=1S/C17H16ClN3O4S2/c1-2-25-15(23)6-10-8-26-17(19-10)21-14(22)7-13-16(24)20-11-5-9(18)3-4-12(11)27-13/h3-5,8,13H,2,6-7H2,1H3,(H,20,24)(H,19,21,22). The molecule has 1 unspecified atom stereocenters. The van der Waals surface area contributed by atoms with Crippen molar-refractivity contribution in [1.29, 1.82) is 0 Å². The van der Waals surface area contributed by atoms with E-state index in [0.717, 1.165) is 4.90 Å². The number of fused-ring (bicyclic) bond motifs is 1. The molecule has 0 bridgehead atoms. The van der Waals surface area contributed by atoms with Crippen molar-refractivity contribution in [1.82, 2.24) is 4.98 Å². The average Bonchev–Trinajstić information content (AvgIpc) is 3.02. The lowest BCUT2D eigenvalue weighted by Crippen LogP contribution is -2.32. The first-order chi connectivity index (χ1) is 12.9. The minimum atomic E-state index is -0.544. The van der Waals surface area contributed by atoms with Gasteiger partial charge in [0.2, 0.25) is 11.8 Å². The molecule has 0 aliphatic carbocycles. The Morgan fingerprint density at radius 1 is 1.41 bits per heavy atom. The van der Waals surface area contributed by atoms with Crippen molar-refractivity contribution < 1.29 is 19.1 Å². The van der Waals surface area contributed by atoms with Crippen LogP contribution in [0.15, 0.2) is 28.5 Å². The zero-order valence-corrected chi connectivity index (χ0v) is 16.7. The first-order valence-electron chi connectivity index (χ1n) is 8.11. The molecule has 2 aromatic rings. The lowest BCUT2D eigenvalue weighted by Gasteiger charge is -2.23. The third kappa shape index (κ3) is 5.21. The van der Waals surface area contributed by atoms with Gasteiger partial charge in [0.15, 0.2) is 5.13 Å². The molecule has 1 aliphatic rings. The number of carbonyl (C=O) groups excluding carboxylic acids is 3. The molecule has 0 radical (unpaired) electrons. The fourth-order valence-corrected chi connectivity index (χ4v) is 4.39. The summed E-state index contributed by atoms with van der Waals surface area (Å²) in [5, 5.41) is 7.50. The van der Waals surface area contributed by atoms with Crippen molar-refractivity contribution in [3.8, 4) is 0 Å². The van der Waals surface area contributed by atoms with Crippen LogP contribution in [0.25, 0.3) is 0 Å². The van der Waals surface area contributed by atoms with Crippen molar-refractivity contribution in [2.75, 3.05) is 17.2 Å². The molecule has 2 amide bonds. The maximum Gasteiger partial charge on any atom is 0.311 e. The van der Waals surface area contributed by atoms with Gasteiger partial charge in [-0.25, -0.2) is 4.98 Å². The fraction of sp³-hybridized carbons (Fsp3) is 0.294. The number of rotatable bonds is 6. The van der Waals surface area contributed by atoms with Gasteiger partial charge in [-0.1, -0.05) is 11.6 Å². The van der Waals surface area contributed by atoms with Gasteiger partial charge in [-0.05, 0) is 25.1 Å². The normalized spacial score (nSPS) is 15.6. The molecule has 1 aliphatic heterocycles. The maximum atomic E-state index is 12.3. The summed E-state index contributed by atoms with van der Waals surface area (Å²) in [4.78, 5) is 41.0. The highest BCUT2D eigenvalue weighted by Gasteiger charge is 2.29. The van der Waals surface area contributed by atoms with Crippen molar-refractivity contribution >= 4 is 63.3 Å². The highest BCUT2D eigenvalue weighted by Crippen LogP contribution is 2.38. The Labute approximate surface area is 168 Å². The summed E-state index contributed by atoms with van der Waals surface area (Å²) >= 11 is 8.47. The first kappa shape index (κ1) is 19.7. The van der Waals surface area contributed by atoms with Crippen LogP contribution in [-0.2, 0) is 25.5 Å². The van der Waals surface area contributed by atoms with Crippen molar-refractivity contribution in [2.24, 2.45) is 0 Å². The zero-order chi connectivity index (χ0) is 19.4. The van der Waals surface area contributed by atoms with Gasteiger partial charge in [-0.2, -0.15) is 0 Å². The van der Waals surface area contributed by atoms with E-state index in [4.69, 9.17) is 16.3 Å². The monoisotopic (exact) mass is 425 g/mol. The van der Waals surface area contributed by atoms with E-state index in [0.29, 0.717) is 28.1 Å². The molecule has 2 N–H and O–H groups in total. The van der Waals surface area contributed by atoms with Gasteiger partial charge in [0.1, 0.15) is 0 Å². The van der Waals surface area contributed by atoms with Crippen LogP contribution in [0.1, 0.15) is 19.0 Å². The van der Waals surface area contributed by atoms with Gasteiger partial charge in [-0.15, -0.1) is 23.1 Å². The van der Waals surface area contributed by atoms with Gasteiger partial charge in [0.05, 0.1) is 29.7 Å². The summed E-state index contributed by atoms with van der Waals surface area (Å²) < 4.78 is 4.87. The molecular weight excluding hydrogens is 410 g/mol. The molecule has 27 heavy (non-hydrogen) atoms. The molecule has 0 spiro atoms. The summed E-state index contributed by atoms with van der Waals surface area (Å²) in [5.41, 5.74) is 1.18. The van der Waals surface area contributed by atoms with Crippen LogP contribution in [0, 0.1) is 0 Å². The number of benzene rings is 1. The summed E-state index contributed by atoms with van der Waals surface area (Å²) in [6.45, 7) is 2.04. The van der Waals surface area contributed by atoms with E-state index >= 15 is 0 Å². The zero-order valence-electron chi connectivity index (χ0n) is 14.3. The molecule has 2 heterocycles. The van der Waals surface area contributed by atoms with E-state index in [1.165, 1.54) is 23.1 Å². The lowest BCUT2D eigenvalue weighted by atomic mass is 10.2. The number of thiazole rings is 1. The Bertz CT molecular complexity index is 887. The van der Waals surface area contributed by atoms with Crippen LogP contribution in [0.4, 0.5) is 10.8 Å². The van der Waals surface area contributed by atoms with Crippen molar-refractivity contribution in [3.63, 3.8) is 0 Å². The van der Waals surface area contributed by atoms with E-state index in [1.54, 1.807) is 24.4 Å². The van der Waals surface area contributed by atoms with Crippen LogP contribution in [0.5, 0.6) is 0 Å². The largest absolute Gasteiger partial charge is 0.466 e. The minimum absolute atomic E-state index is 0.00531. The number of nitrogens with zero attached hydrogens (tertiary/aromatic N) is 1. The van der Waals surface area contributed by atoms with Gasteiger partial charge in [-0.3, -0.25) is 14.4 Å². The van der Waals surface area contributed by atoms with E-state index < -0.39 is 5.25 Å². The number of aromatic nitrogens is 1. The molecule has 10 heteroatoms. The second-order valence-corrected chi connectivity index (χ2v) is 8.15. The molecule has 0 fully saturated rings. The Kier molecular flexibility index (Phi) is 6.35. The summed E-state index contributed by atoms with van der Waals surface area (Å²) in [5.74, 6) is -0.932. The quantitative estimate of drug-likeness (QED) is 0.689. The highest BCUT2D eigenvalue weighted by atomic mass is 35.5. The molecule has 1 aromatic carbocycles. The average molecular weight is 426 g/mol. The van der Waals surface area contributed by atoms with Crippen molar-refractivity contribution in [2.45, 2.75) is 29.9 Å². The third-order valence-corrected chi connectivity index (χ3v) is 5.88. The van der Waals surface area contributed by atoms with Crippen molar-refractivity contribution in [3.05, 3.63) is 34.3 Å². The highest BCUT2D eigenvalue weighted by molar-refractivity contribution is 8.01. The van der Waals surface area contributed by atoms with Crippen LogP contribution in [0.3, 0.4) is 0 Å². The number of amides is 2. The van der Waals surface area contributed by atoms with Gasteiger partial charge < -0.3 is 15.4 Å². The molecule has 0 saturated heterocycles. The van der Waals surface area contributed by atoms with E-state index in [9.17, 15) is 14.4 Å². The Balaban J connectivity index is 1.56. The number of ether oxygens (including phenoxy) is 1. The molecular formula is C17H16ClN3O4S2. The predicted molar refractivity (Wildman–Crippen MR) is 105 cm³/mol. The van der Waals surface area contributed by atoms with Gasteiger partial charge >= 0.3 is 5.97 Å². The number of carbonyl (C=O) groups is 3. The van der Waals surface area contributed by atoms with Gasteiger partial charge in [0.25, 0.3) is 0 Å². The number of anilines is 2. The van der Waals surface area contributed by atoms with Crippen LogP contribution in [0.2, 0.25) is 5.02 Å². The smallest absolute Gasteiger partial charge is 0.311 e. The number of hydrogen-bond acceptors (Lipinski definition) is 7. The van der Waals surface area contributed by atoms with Crippen LogP contribution < -0.4 is 10.6 Å². The first-order valence-corrected chi connectivity index (χ1v) is 10.2. The number of nitrogens with one attached hydrogen (secondary N) is 2. The Hall–Kier alpha value is -2.10. The Morgan fingerprint density at radius 3 is 3.00 bits per heavy atom. The molecule has 7 nitrogen and oxygen atoms in total. The van der Waals surface area contributed by atoms with E-state index in [-0.39, 0.29) is 30.6 Å². The molecule has 142 valence electrons. The topological polar surface area (TPSA) is 97.4 Å². The van der Waals surface area contributed by atoms with Crippen LogP contribution in [-0.4, -0.2) is 34.6 Å². The minimum Gasteiger partial charge on any atom is -0.466 e. The Morgan fingerprint density at radius 2 is 2.22 bits per heavy atom. The summed E-state index contributed by atoms with van der Waals surface area (Å²) in [6.07, 6.45) is 0.0613. The maximum absolute atomic E-state index is 12.3. The molecule has 1 aromatic heterocycles. The second-order valence-electron chi connectivity index (χ2n) is 5.61.